The Kier molecular flexibility index (Phi) is 6.38. The molecule has 18 heavy (non-hydrogen) atoms. The highest BCUT2D eigenvalue weighted by Crippen LogP contribution is 2.24. The molecule has 0 radical (unpaired) electrons. The van der Waals surface area contributed by atoms with Crippen molar-refractivity contribution >= 4 is 39.5 Å². The SMILES string of the molecule is C=CCNC(=S)N/N=C\c1ccc(OC)c(Br)c1. The van der Waals surface area contributed by atoms with Crippen LogP contribution in [-0.4, -0.2) is 25.0 Å². The molecule has 6 heteroatoms. The standard InChI is InChI=1S/C12H14BrN3OS/c1-3-6-14-12(18)16-15-8-9-4-5-11(17-2)10(13)7-9/h3-5,7-8H,1,6H2,2H3,(H2,14,16,18)/b15-8-. The third kappa shape index (κ3) is 4.85. The molecule has 1 rings (SSSR count). The number of halogens is 1. The summed E-state index contributed by atoms with van der Waals surface area (Å²) in [6.07, 6.45) is 3.39. The maximum Gasteiger partial charge on any atom is 0.187 e. The molecule has 0 atom stereocenters. The van der Waals surface area contributed by atoms with E-state index in [1.807, 2.05) is 18.2 Å². The second kappa shape index (κ2) is 7.84. The number of methoxy groups -OCH3 is 1. The number of nitrogens with one attached hydrogen (secondary N) is 2. The van der Waals surface area contributed by atoms with Crippen LogP contribution in [0.1, 0.15) is 5.56 Å². The molecule has 0 fully saturated rings. The summed E-state index contributed by atoms with van der Waals surface area (Å²) in [5.74, 6) is 0.781. The van der Waals surface area contributed by atoms with Gasteiger partial charge >= 0.3 is 0 Å². The number of benzene rings is 1. The van der Waals surface area contributed by atoms with Crippen molar-refractivity contribution in [1.29, 1.82) is 0 Å². The minimum Gasteiger partial charge on any atom is -0.496 e. The van der Waals surface area contributed by atoms with Crippen LogP contribution in [0.25, 0.3) is 0 Å². The smallest absolute Gasteiger partial charge is 0.187 e. The minimum atomic E-state index is 0.457. The summed E-state index contributed by atoms with van der Waals surface area (Å²) in [6.45, 7) is 4.19. The molecule has 1 aromatic carbocycles. The Labute approximate surface area is 120 Å². The predicted molar refractivity (Wildman–Crippen MR) is 82.2 cm³/mol. The van der Waals surface area contributed by atoms with E-state index in [1.54, 1.807) is 19.4 Å². The minimum absolute atomic E-state index is 0.457. The van der Waals surface area contributed by atoms with E-state index < -0.39 is 0 Å². The van der Waals surface area contributed by atoms with Crippen molar-refractivity contribution in [2.24, 2.45) is 5.10 Å². The lowest BCUT2D eigenvalue weighted by Crippen LogP contribution is -2.31. The monoisotopic (exact) mass is 327 g/mol. The first-order valence-corrected chi connectivity index (χ1v) is 6.39. The zero-order chi connectivity index (χ0) is 13.4. The van der Waals surface area contributed by atoms with Crippen molar-refractivity contribution in [2.75, 3.05) is 13.7 Å². The van der Waals surface area contributed by atoms with E-state index in [1.165, 1.54) is 0 Å². The van der Waals surface area contributed by atoms with Gasteiger partial charge in [-0.15, -0.1) is 6.58 Å². The zero-order valence-electron chi connectivity index (χ0n) is 9.94. The average molecular weight is 328 g/mol. The van der Waals surface area contributed by atoms with Crippen molar-refractivity contribution in [3.8, 4) is 5.75 Å². The molecule has 0 amide bonds. The van der Waals surface area contributed by atoms with Crippen molar-refractivity contribution in [3.05, 3.63) is 40.9 Å². The summed E-state index contributed by atoms with van der Waals surface area (Å²) in [5.41, 5.74) is 3.64. The Hall–Kier alpha value is -1.40. The number of hydrazone groups is 1. The van der Waals surface area contributed by atoms with Gasteiger partial charge in [0.05, 0.1) is 17.8 Å². The maximum atomic E-state index is 5.14. The molecule has 0 unspecified atom stereocenters. The molecule has 1 aromatic rings. The molecule has 0 heterocycles. The van der Waals surface area contributed by atoms with Crippen molar-refractivity contribution < 1.29 is 4.74 Å². The van der Waals surface area contributed by atoms with Gasteiger partial charge in [-0.2, -0.15) is 5.10 Å². The van der Waals surface area contributed by atoms with E-state index in [4.69, 9.17) is 17.0 Å². The summed E-state index contributed by atoms with van der Waals surface area (Å²) >= 11 is 8.39. The van der Waals surface area contributed by atoms with Gasteiger partial charge in [-0.1, -0.05) is 6.08 Å². The Balaban J connectivity index is 2.54. The van der Waals surface area contributed by atoms with Crippen LogP contribution in [0.4, 0.5) is 0 Å². The number of rotatable bonds is 5. The Morgan fingerprint density at radius 1 is 1.61 bits per heavy atom. The predicted octanol–water partition coefficient (Wildman–Crippen LogP) is 2.44. The second-order valence-corrected chi connectivity index (χ2v) is 4.53. The first-order chi connectivity index (χ1) is 8.67. The molecule has 0 aliphatic heterocycles. The van der Waals surface area contributed by atoms with Gasteiger partial charge in [0, 0.05) is 6.54 Å². The van der Waals surface area contributed by atoms with Gasteiger partial charge in [-0.25, -0.2) is 0 Å². The maximum absolute atomic E-state index is 5.14. The molecule has 0 aliphatic carbocycles. The molecule has 0 bridgehead atoms. The van der Waals surface area contributed by atoms with Gasteiger partial charge in [-0.05, 0) is 51.9 Å². The average Bonchev–Trinajstić information content (AvgIpc) is 2.36. The van der Waals surface area contributed by atoms with E-state index in [0.29, 0.717) is 11.7 Å². The third-order valence-corrected chi connectivity index (χ3v) is 2.82. The fourth-order valence-electron chi connectivity index (χ4n) is 1.13. The fourth-order valence-corrected chi connectivity index (χ4v) is 1.83. The Morgan fingerprint density at radius 3 is 3.00 bits per heavy atom. The number of nitrogens with zero attached hydrogens (tertiary/aromatic N) is 1. The van der Waals surface area contributed by atoms with Crippen LogP contribution >= 0.6 is 28.1 Å². The van der Waals surface area contributed by atoms with E-state index in [9.17, 15) is 0 Å². The molecular formula is C12H14BrN3OS. The largest absolute Gasteiger partial charge is 0.496 e. The normalized spacial score (nSPS) is 10.1. The van der Waals surface area contributed by atoms with Gasteiger partial charge in [0.15, 0.2) is 5.11 Å². The van der Waals surface area contributed by atoms with Crippen LogP contribution in [0.15, 0.2) is 40.4 Å². The highest BCUT2D eigenvalue weighted by atomic mass is 79.9. The van der Waals surface area contributed by atoms with Crippen LogP contribution in [0.5, 0.6) is 5.75 Å². The first kappa shape index (κ1) is 14.7. The molecule has 0 aromatic heterocycles. The first-order valence-electron chi connectivity index (χ1n) is 5.18. The summed E-state index contributed by atoms with van der Waals surface area (Å²) < 4.78 is 6.02. The summed E-state index contributed by atoms with van der Waals surface area (Å²) in [4.78, 5) is 0. The van der Waals surface area contributed by atoms with Crippen LogP contribution in [-0.2, 0) is 0 Å². The summed E-state index contributed by atoms with van der Waals surface area (Å²) in [5, 5.41) is 7.38. The number of hydrogen-bond acceptors (Lipinski definition) is 3. The summed E-state index contributed by atoms with van der Waals surface area (Å²) in [6, 6.07) is 5.67. The van der Waals surface area contributed by atoms with Crippen molar-refractivity contribution in [2.45, 2.75) is 0 Å². The number of thiocarbonyl (C=S) groups is 1. The third-order valence-electron chi connectivity index (χ3n) is 1.96. The van der Waals surface area contributed by atoms with Crippen LogP contribution in [0.2, 0.25) is 0 Å². The lowest BCUT2D eigenvalue weighted by Gasteiger charge is -2.04. The van der Waals surface area contributed by atoms with E-state index in [2.05, 4.69) is 38.4 Å². The lowest BCUT2D eigenvalue weighted by atomic mass is 10.2. The van der Waals surface area contributed by atoms with Gasteiger partial charge in [-0.3, -0.25) is 5.43 Å². The van der Waals surface area contributed by atoms with Gasteiger partial charge in [0.1, 0.15) is 5.75 Å². The molecule has 96 valence electrons. The van der Waals surface area contributed by atoms with Gasteiger partial charge in [0.2, 0.25) is 0 Å². The summed E-state index contributed by atoms with van der Waals surface area (Å²) in [7, 11) is 1.62. The molecule has 0 saturated carbocycles. The van der Waals surface area contributed by atoms with Gasteiger partial charge < -0.3 is 10.1 Å². The van der Waals surface area contributed by atoms with Crippen LogP contribution < -0.4 is 15.5 Å². The fraction of sp³-hybridized carbons (Fsp3) is 0.167. The highest BCUT2D eigenvalue weighted by molar-refractivity contribution is 9.10. The molecule has 0 spiro atoms. The van der Waals surface area contributed by atoms with Crippen molar-refractivity contribution in [1.82, 2.24) is 10.7 Å². The topological polar surface area (TPSA) is 45.7 Å². The van der Waals surface area contributed by atoms with E-state index in [0.717, 1.165) is 15.8 Å². The quantitative estimate of drug-likeness (QED) is 0.377. The van der Waals surface area contributed by atoms with Crippen LogP contribution in [0, 0.1) is 0 Å². The van der Waals surface area contributed by atoms with Gasteiger partial charge in [0.25, 0.3) is 0 Å². The van der Waals surface area contributed by atoms with E-state index in [-0.39, 0.29) is 0 Å². The number of hydrogen-bond donors (Lipinski definition) is 2. The van der Waals surface area contributed by atoms with Crippen LogP contribution in [0.3, 0.4) is 0 Å². The molecular weight excluding hydrogens is 314 g/mol. The Bertz CT molecular complexity index is 463. The van der Waals surface area contributed by atoms with E-state index >= 15 is 0 Å². The molecule has 0 aliphatic rings. The van der Waals surface area contributed by atoms with Crippen molar-refractivity contribution in [3.63, 3.8) is 0 Å². The highest BCUT2D eigenvalue weighted by Gasteiger charge is 1.99. The number of ether oxygens (including phenoxy) is 1. The molecule has 0 saturated heterocycles. The molecule has 2 N–H and O–H groups in total. The Morgan fingerprint density at radius 2 is 2.39 bits per heavy atom. The zero-order valence-corrected chi connectivity index (χ0v) is 12.3. The second-order valence-electron chi connectivity index (χ2n) is 3.26. The lowest BCUT2D eigenvalue weighted by molar-refractivity contribution is 0.412. The molecule has 4 nitrogen and oxygen atoms in total.